The van der Waals surface area contributed by atoms with Gasteiger partial charge < -0.3 is 5.11 Å². The lowest BCUT2D eigenvalue weighted by molar-refractivity contribution is 0.200. The van der Waals surface area contributed by atoms with Crippen LogP contribution in [-0.4, -0.2) is 38.2 Å². The van der Waals surface area contributed by atoms with Gasteiger partial charge in [-0.15, -0.1) is 4.83 Å². The Morgan fingerprint density at radius 3 is 2.32 bits per heavy atom. The van der Waals surface area contributed by atoms with Gasteiger partial charge in [-0.3, -0.25) is 0 Å². The molecule has 0 spiro atoms. The lowest BCUT2D eigenvalue weighted by Crippen LogP contribution is -2.44. The van der Waals surface area contributed by atoms with Gasteiger partial charge in [0.25, 0.3) is 10.0 Å². The largest absolute Gasteiger partial charge is 0.396 e. The Hall–Kier alpha value is -0.950. The Kier molecular flexibility index (Phi) is 4.93. The molecule has 0 atom stereocenters. The quantitative estimate of drug-likeness (QED) is 0.843. The predicted octanol–water partition coefficient (Wildman–Crippen LogP) is 0.901. The van der Waals surface area contributed by atoms with E-state index in [1.165, 1.54) is 0 Å². The van der Waals surface area contributed by atoms with Gasteiger partial charge in [-0.25, -0.2) is 13.4 Å². The molecule has 0 aromatic heterocycles. The molecule has 1 aliphatic rings. The van der Waals surface area contributed by atoms with Crippen LogP contribution in [-0.2, 0) is 16.4 Å². The molecular weight excluding hydrogens is 264 g/mol. The van der Waals surface area contributed by atoms with Crippen molar-refractivity contribution in [1.82, 2.24) is 9.84 Å². The number of nitrogens with one attached hydrogen (secondary N) is 1. The minimum absolute atomic E-state index is 0.0676. The summed E-state index contributed by atoms with van der Waals surface area (Å²) in [7, 11) is -3.48. The molecule has 2 N–H and O–H groups in total. The number of hydrazine groups is 1. The van der Waals surface area contributed by atoms with Crippen LogP contribution in [0.1, 0.15) is 24.8 Å². The van der Waals surface area contributed by atoms with Crippen molar-refractivity contribution in [2.45, 2.75) is 30.6 Å². The van der Waals surface area contributed by atoms with Crippen LogP contribution in [0, 0.1) is 0 Å². The molecule has 2 rings (SSSR count). The van der Waals surface area contributed by atoms with Gasteiger partial charge in [0.05, 0.1) is 4.90 Å². The van der Waals surface area contributed by atoms with Crippen molar-refractivity contribution in [3.05, 3.63) is 29.8 Å². The average Bonchev–Trinajstić information content (AvgIpc) is 2.40. The van der Waals surface area contributed by atoms with Crippen LogP contribution in [0.25, 0.3) is 0 Å². The van der Waals surface area contributed by atoms with Gasteiger partial charge in [0.2, 0.25) is 0 Å². The summed E-state index contributed by atoms with van der Waals surface area (Å²) in [6, 6.07) is 6.64. The minimum Gasteiger partial charge on any atom is -0.396 e. The Morgan fingerprint density at radius 2 is 1.74 bits per heavy atom. The number of piperidine rings is 1. The van der Waals surface area contributed by atoms with Crippen LogP contribution in [0.2, 0.25) is 0 Å². The molecule has 0 bridgehead atoms. The lowest BCUT2D eigenvalue weighted by Gasteiger charge is -2.26. The monoisotopic (exact) mass is 284 g/mol. The molecule has 0 radical (unpaired) electrons. The van der Waals surface area contributed by atoms with Crippen molar-refractivity contribution < 1.29 is 13.5 Å². The molecule has 1 heterocycles. The first kappa shape index (κ1) is 14.5. The molecule has 1 fully saturated rings. The molecule has 0 aliphatic carbocycles. The standard InChI is InChI=1S/C13H20N2O3S/c16-11-8-12-4-6-13(7-5-12)19(17,18)14-15-9-2-1-3-10-15/h4-7,14,16H,1-3,8-11H2. The van der Waals surface area contributed by atoms with E-state index >= 15 is 0 Å². The summed E-state index contributed by atoms with van der Waals surface area (Å²) in [6.07, 6.45) is 3.75. The second-order valence-corrected chi connectivity index (χ2v) is 6.42. The number of aliphatic hydroxyl groups is 1. The molecule has 1 saturated heterocycles. The van der Waals surface area contributed by atoms with E-state index in [0.29, 0.717) is 6.42 Å². The van der Waals surface area contributed by atoms with E-state index in [9.17, 15) is 8.42 Å². The topological polar surface area (TPSA) is 69.6 Å². The second kappa shape index (κ2) is 6.47. The van der Waals surface area contributed by atoms with Gasteiger partial charge >= 0.3 is 0 Å². The summed E-state index contributed by atoms with van der Waals surface area (Å²) >= 11 is 0. The fourth-order valence-corrected chi connectivity index (χ4v) is 3.29. The van der Waals surface area contributed by atoms with Crippen molar-refractivity contribution in [2.75, 3.05) is 19.7 Å². The van der Waals surface area contributed by atoms with Crippen molar-refractivity contribution in [3.8, 4) is 0 Å². The molecule has 0 amide bonds. The molecule has 106 valence electrons. The van der Waals surface area contributed by atoms with E-state index in [4.69, 9.17) is 5.11 Å². The first-order chi connectivity index (χ1) is 9.12. The summed E-state index contributed by atoms with van der Waals surface area (Å²) in [5.74, 6) is 0. The average molecular weight is 284 g/mol. The number of hydrogen-bond acceptors (Lipinski definition) is 4. The fourth-order valence-electron chi connectivity index (χ4n) is 2.17. The van der Waals surface area contributed by atoms with E-state index in [-0.39, 0.29) is 11.5 Å². The number of nitrogens with zero attached hydrogens (tertiary/aromatic N) is 1. The van der Waals surface area contributed by atoms with E-state index in [1.807, 2.05) is 0 Å². The summed E-state index contributed by atoms with van der Waals surface area (Å²) in [5, 5.41) is 10.6. The molecule has 1 aliphatic heterocycles. The van der Waals surface area contributed by atoms with Gasteiger partial charge in [-0.2, -0.15) is 0 Å². The van der Waals surface area contributed by atoms with Crippen LogP contribution in [0.3, 0.4) is 0 Å². The second-order valence-electron chi connectivity index (χ2n) is 4.76. The van der Waals surface area contributed by atoms with Crippen molar-refractivity contribution >= 4 is 10.0 Å². The Labute approximate surface area is 114 Å². The number of benzene rings is 1. The molecular formula is C13H20N2O3S. The summed E-state index contributed by atoms with van der Waals surface area (Å²) in [4.78, 5) is 2.88. The molecule has 19 heavy (non-hydrogen) atoms. The summed E-state index contributed by atoms with van der Waals surface area (Å²) in [5.41, 5.74) is 0.930. The van der Waals surface area contributed by atoms with Crippen LogP contribution >= 0.6 is 0 Å². The zero-order valence-corrected chi connectivity index (χ0v) is 11.7. The van der Waals surface area contributed by atoms with Crippen LogP contribution in [0.4, 0.5) is 0 Å². The number of sulfonamides is 1. The SMILES string of the molecule is O=S(=O)(NN1CCCCC1)c1ccc(CCO)cc1. The van der Waals surface area contributed by atoms with E-state index < -0.39 is 10.0 Å². The van der Waals surface area contributed by atoms with Gasteiger partial charge in [-0.05, 0) is 37.0 Å². The van der Waals surface area contributed by atoms with Gasteiger partial charge in [0, 0.05) is 19.7 Å². The third-order valence-corrected chi connectivity index (χ3v) is 4.63. The highest BCUT2D eigenvalue weighted by molar-refractivity contribution is 7.89. The van der Waals surface area contributed by atoms with Crippen molar-refractivity contribution in [1.29, 1.82) is 0 Å². The predicted molar refractivity (Wildman–Crippen MR) is 73.0 cm³/mol. The third kappa shape index (κ3) is 4.01. The Morgan fingerprint density at radius 1 is 1.11 bits per heavy atom. The molecule has 1 aromatic carbocycles. The maximum atomic E-state index is 12.2. The first-order valence-corrected chi connectivity index (χ1v) is 8.07. The van der Waals surface area contributed by atoms with Gasteiger partial charge in [-0.1, -0.05) is 18.6 Å². The highest BCUT2D eigenvalue weighted by Gasteiger charge is 2.19. The Balaban J connectivity index is 2.05. The third-order valence-electron chi connectivity index (χ3n) is 3.24. The van der Waals surface area contributed by atoms with Crippen LogP contribution in [0.5, 0.6) is 0 Å². The lowest BCUT2D eigenvalue weighted by atomic mass is 10.2. The molecule has 6 heteroatoms. The molecule has 1 aromatic rings. The van der Waals surface area contributed by atoms with Gasteiger partial charge in [0.1, 0.15) is 0 Å². The Bertz CT molecular complexity index is 493. The summed E-state index contributed by atoms with van der Waals surface area (Å²) < 4.78 is 24.3. The highest BCUT2D eigenvalue weighted by atomic mass is 32.2. The maximum absolute atomic E-state index is 12.2. The van der Waals surface area contributed by atoms with Crippen LogP contribution < -0.4 is 4.83 Å². The maximum Gasteiger partial charge on any atom is 0.253 e. The highest BCUT2D eigenvalue weighted by Crippen LogP contribution is 2.13. The smallest absolute Gasteiger partial charge is 0.253 e. The van der Waals surface area contributed by atoms with E-state index in [0.717, 1.165) is 37.9 Å². The molecule has 5 nitrogen and oxygen atoms in total. The first-order valence-electron chi connectivity index (χ1n) is 6.59. The van der Waals surface area contributed by atoms with E-state index in [2.05, 4.69) is 4.83 Å². The fraction of sp³-hybridized carbons (Fsp3) is 0.538. The van der Waals surface area contributed by atoms with Crippen LogP contribution in [0.15, 0.2) is 29.2 Å². The normalized spacial score (nSPS) is 17.5. The minimum atomic E-state index is -3.48. The molecule has 0 unspecified atom stereocenters. The van der Waals surface area contributed by atoms with Crippen molar-refractivity contribution in [2.24, 2.45) is 0 Å². The zero-order chi connectivity index (χ0) is 13.7. The summed E-state index contributed by atoms with van der Waals surface area (Å²) in [6.45, 7) is 1.60. The van der Waals surface area contributed by atoms with Crippen molar-refractivity contribution in [3.63, 3.8) is 0 Å². The van der Waals surface area contributed by atoms with E-state index in [1.54, 1.807) is 29.3 Å². The molecule has 0 saturated carbocycles. The number of aliphatic hydroxyl groups excluding tert-OH is 1. The zero-order valence-electron chi connectivity index (χ0n) is 10.9. The number of rotatable bonds is 5. The number of hydrogen-bond donors (Lipinski definition) is 2. The van der Waals surface area contributed by atoms with Gasteiger partial charge in [0.15, 0.2) is 0 Å².